The van der Waals surface area contributed by atoms with Crippen LogP contribution in [-0.4, -0.2) is 39.4 Å². The summed E-state index contributed by atoms with van der Waals surface area (Å²) in [5.74, 6) is 0.293. The summed E-state index contributed by atoms with van der Waals surface area (Å²) in [5.41, 5.74) is 0.544. The Balaban J connectivity index is 1.51. The molecule has 7 nitrogen and oxygen atoms in total. The van der Waals surface area contributed by atoms with Gasteiger partial charge in [0.15, 0.2) is 0 Å². The van der Waals surface area contributed by atoms with Gasteiger partial charge in [0.05, 0.1) is 11.0 Å². The lowest BCUT2D eigenvalue weighted by Gasteiger charge is -2.21. The summed E-state index contributed by atoms with van der Waals surface area (Å²) in [5, 5.41) is 2.75. The van der Waals surface area contributed by atoms with Crippen molar-refractivity contribution in [1.82, 2.24) is 4.72 Å². The summed E-state index contributed by atoms with van der Waals surface area (Å²) in [7, 11) is -3.66. The number of carbonyl (C=O) groups excluding carboxylic acids is 1. The van der Waals surface area contributed by atoms with Crippen molar-refractivity contribution in [2.45, 2.75) is 68.8 Å². The van der Waals surface area contributed by atoms with Crippen molar-refractivity contribution < 1.29 is 17.9 Å². The molecule has 0 aromatic heterocycles. The number of benzene rings is 1. The highest BCUT2D eigenvalue weighted by Gasteiger charge is 2.18. The zero-order valence-corrected chi connectivity index (χ0v) is 17.0. The van der Waals surface area contributed by atoms with Gasteiger partial charge in [0, 0.05) is 18.7 Å². The number of amides is 1. The molecule has 0 bridgehead atoms. The first-order valence-corrected chi connectivity index (χ1v) is 11.6. The molecule has 154 valence electrons. The molecule has 0 atom stereocenters. The van der Waals surface area contributed by atoms with Crippen LogP contribution in [0.5, 0.6) is 0 Å². The standard InChI is InChI=1S/C20H29N3O4S/c24-20(15-27-17-7-3-1-4-8-17)22-16-10-12-18(13-11-16)28(25,26)23-19-9-5-2-6-14-21-19/h10-13,17H,1-9,14-15H2,(H,21,23)(H,22,24). The molecule has 1 heterocycles. The van der Waals surface area contributed by atoms with E-state index in [9.17, 15) is 13.2 Å². The normalized spacial score (nSPS) is 18.8. The molecule has 3 rings (SSSR count). The summed E-state index contributed by atoms with van der Waals surface area (Å²) >= 11 is 0. The topological polar surface area (TPSA) is 96.9 Å². The van der Waals surface area contributed by atoms with Crippen LogP contribution in [0.1, 0.15) is 57.8 Å². The molecule has 1 amide bonds. The van der Waals surface area contributed by atoms with Gasteiger partial charge in [0.25, 0.3) is 10.0 Å². The summed E-state index contributed by atoms with van der Waals surface area (Å²) < 4.78 is 33.3. The van der Waals surface area contributed by atoms with Crippen LogP contribution in [0.4, 0.5) is 5.69 Å². The smallest absolute Gasteiger partial charge is 0.262 e. The van der Waals surface area contributed by atoms with E-state index in [0.717, 1.165) is 44.9 Å². The molecule has 2 N–H and O–H groups in total. The average molecular weight is 408 g/mol. The summed E-state index contributed by atoms with van der Waals surface area (Å²) in [6, 6.07) is 6.14. The SMILES string of the molecule is O=C(COC1CCCCC1)Nc1ccc(S(=O)(=O)NC2=NCCCCC2)cc1. The van der Waals surface area contributed by atoms with Crippen LogP contribution in [0, 0.1) is 0 Å². The monoisotopic (exact) mass is 407 g/mol. The third-order valence-electron chi connectivity index (χ3n) is 5.08. The second-order valence-corrected chi connectivity index (χ2v) is 9.07. The second kappa shape index (κ2) is 10.0. The minimum absolute atomic E-state index is 0.0199. The summed E-state index contributed by atoms with van der Waals surface area (Å²) in [6.07, 6.45) is 9.39. The van der Waals surface area contributed by atoms with Crippen molar-refractivity contribution in [3.05, 3.63) is 24.3 Å². The van der Waals surface area contributed by atoms with Gasteiger partial charge in [-0.15, -0.1) is 0 Å². The van der Waals surface area contributed by atoms with Crippen molar-refractivity contribution in [2.24, 2.45) is 4.99 Å². The zero-order valence-electron chi connectivity index (χ0n) is 16.2. The molecular formula is C20H29N3O4S. The quantitative estimate of drug-likeness (QED) is 0.757. The van der Waals surface area contributed by atoms with E-state index < -0.39 is 10.0 Å². The zero-order chi connectivity index (χ0) is 19.8. The fourth-order valence-corrected chi connectivity index (χ4v) is 4.60. The van der Waals surface area contributed by atoms with Crippen molar-refractivity contribution in [3.63, 3.8) is 0 Å². The van der Waals surface area contributed by atoms with E-state index in [1.54, 1.807) is 12.1 Å². The average Bonchev–Trinajstić information content (AvgIpc) is 2.96. The first-order chi connectivity index (χ1) is 13.5. The van der Waals surface area contributed by atoms with Crippen LogP contribution in [0.2, 0.25) is 0 Å². The molecule has 1 aromatic rings. The minimum Gasteiger partial charge on any atom is -0.368 e. The summed E-state index contributed by atoms with van der Waals surface area (Å²) in [6.45, 7) is 0.678. The van der Waals surface area contributed by atoms with E-state index in [4.69, 9.17) is 4.74 Å². The number of hydrogen-bond acceptors (Lipinski definition) is 5. The van der Waals surface area contributed by atoms with Gasteiger partial charge in [0.2, 0.25) is 5.91 Å². The van der Waals surface area contributed by atoms with Gasteiger partial charge in [-0.3, -0.25) is 14.5 Å². The lowest BCUT2D eigenvalue weighted by molar-refractivity contribution is -0.123. The molecule has 8 heteroatoms. The van der Waals surface area contributed by atoms with Crippen LogP contribution < -0.4 is 10.0 Å². The lowest BCUT2D eigenvalue weighted by Crippen LogP contribution is -2.30. The van der Waals surface area contributed by atoms with E-state index in [-0.39, 0.29) is 23.5 Å². The first-order valence-electron chi connectivity index (χ1n) is 10.1. The Kier molecular flexibility index (Phi) is 7.44. The van der Waals surface area contributed by atoms with Crippen LogP contribution in [-0.2, 0) is 19.6 Å². The molecule has 1 aromatic carbocycles. The van der Waals surface area contributed by atoms with Crippen LogP contribution in [0.25, 0.3) is 0 Å². The predicted molar refractivity (Wildman–Crippen MR) is 109 cm³/mol. The number of hydrogen-bond donors (Lipinski definition) is 2. The third kappa shape index (κ3) is 6.31. The molecule has 0 spiro atoms. The second-order valence-electron chi connectivity index (χ2n) is 7.39. The van der Waals surface area contributed by atoms with Crippen molar-refractivity contribution in [2.75, 3.05) is 18.5 Å². The molecule has 28 heavy (non-hydrogen) atoms. The molecule has 2 aliphatic rings. The molecule has 0 unspecified atom stereocenters. The number of nitrogens with one attached hydrogen (secondary N) is 2. The number of carbonyl (C=O) groups is 1. The Hall–Kier alpha value is -1.93. The number of ether oxygens (including phenoxy) is 1. The Bertz CT molecular complexity index is 784. The van der Waals surface area contributed by atoms with E-state index in [1.165, 1.54) is 18.6 Å². The number of amidine groups is 1. The van der Waals surface area contributed by atoms with Crippen molar-refractivity contribution >= 4 is 27.5 Å². The van der Waals surface area contributed by atoms with E-state index in [0.29, 0.717) is 24.5 Å². The van der Waals surface area contributed by atoms with E-state index >= 15 is 0 Å². The largest absolute Gasteiger partial charge is 0.368 e. The maximum absolute atomic E-state index is 12.5. The fourth-order valence-electron chi connectivity index (χ4n) is 3.51. The number of aliphatic imine (C=N–C) groups is 1. The Morgan fingerprint density at radius 1 is 1.04 bits per heavy atom. The highest BCUT2D eigenvalue weighted by atomic mass is 32.2. The van der Waals surface area contributed by atoms with Crippen molar-refractivity contribution in [1.29, 1.82) is 0 Å². The number of rotatable bonds is 6. The highest BCUT2D eigenvalue weighted by Crippen LogP contribution is 2.20. The molecular weight excluding hydrogens is 378 g/mol. The third-order valence-corrected chi connectivity index (χ3v) is 6.47. The van der Waals surface area contributed by atoms with Crippen molar-refractivity contribution in [3.8, 4) is 0 Å². The van der Waals surface area contributed by atoms with Gasteiger partial charge in [0.1, 0.15) is 12.4 Å². The van der Waals surface area contributed by atoms with E-state index in [2.05, 4.69) is 15.0 Å². The summed E-state index contributed by atoms with van der Waals surface area (Å²) in [4.78, 5) is 16.5. The number of anilines is 1. The van der Waals surface area contributed by atoms with E-state index in [1.807, 2.05) is 0 Å². The van der Waals surface area contributed by atoms with Gasteiger partial charge in [-0.25, -0.2) is 8.42 Å². The molecule has 0 saturated heterocycles. The van der Waals surface area contributed by atoms with Gasteiger partial charge in [-0.2, -0.15) is 0 Å². The predicted octanol–water partition coefficient (Wildman–Crippen LogP) is 3.23. The maximum atomic E-state index is 12.5. The van der Waals surface area contributed by atoms with Gasteiger partial charge < -0.3 is 10.1 Å². The molecule has 1 fully saturated rings. The number of sulfonamides is 1. The minimum atomic E-state index is -3.66. The van der Waals surface area contributed by atoms with Crippen LogP contribution in [0.3, 0.4) is 0 Å². The van der Waals surface area contributed by atoms with Gasteiger partial charge >= 0.3 is 0 Å². The Labute approximate surface area is 167 Å². The lowest BCUT2D eigenvalue weighted by atomic mass is 9.98. The molecule has 0 radical (unpaired) electrons. The maximum Gasteiger partial charge on any atom is 0.262 e. The Morgan fingerprint density at radius 2 is 1.75 bits per heavy atom. The molecule has 1 saturated carbocycles. The first kappa shape index (κ1) is 20.8. The Morgan fingerprint density at radius 3 is 2.50 bits per heavy atom. The van der Waals surface area contributed by atoms with Gasteiger partial charge in [-0.1, -0.05) is 25.7 Å². The molecule has 1 aliphatic heterocycles. The fraction of sp³-hybridized carbons (Fsp3) is 0.600. The number of nitrogens with zero attached hydrogens (tertiary/aromatic N) is 1. The van der Waals surface area contributed by atoms with Crippen LogP contribution in [0.15, 0.2) is 34.2 Å². The highest BCUT2D eigenvalue weighted by molar-refractivity contribution is 7.90. The molecule has 1 aliphatic carbocycles. The van der Waals surface area contributed by atoms with Gasteiger partial charge in [-0.05, 0) is 49.9 Å². The van der Waals surface area contributed by atoms with Crippen LogP contribution >= 0.6 is 0 Å².